The fourth-order valence-corrected chi connectivity index (χ4v) is 3.08. The van der Waals surface area contributed by atoms with Gasteiger partial charge in [0.2, 0.25) is 10.0 Å². The maximum absolute atomic E-state index is 13.5. The highest BCUT2D eigenvalue weighted by Crippen LogP contribution is 2.19. The lowest BCUT2D eigenvalue weighted by atomic mass is 10.2. The molecular weight excluding hydrogens is 315 g/mol. The van der Waals surface area contributed by atoms with Crippen LogP contribution in [0.25, 0.3) is 0 Å². The lowest BCUT2D eigenvalue weighted by Crippen LogP contribution is -2.27. The number of nitrogens with one attached hydrogen (secondary N) is 1. The first kappa shape index (κ1) is 15.5. The summed E-state index contributed by atoms with van der Waals surface area (Å²) in [5, 5.41) is 6.35. The van der Waals surface area contributed by atoms with Gasteiger partial charge in [-0.2, -0.15) is 9.40 Å². The lowest BCUT2D eigenvalue weighted by Gasteiger charge is -2.17. The van der Waals surface area contributed by atoms with E-state index in [4.69, 9.17) is 18.0 Å². The molecule has 21 heavy (non-hydrogen) atoms. The smallest absolute Gasteiger partial charge is 0.243 e. The van der Waals surface area contributed by atoms with Gasteiger partial charge in [-0.15, -0.1) is 0 Å². The Morgan fingerprint density at radius 3 is 2.81 bits per heavy atom. The van der Waals surface area contributed by atoms with Gasteiger partial charge in [-0.25, -0.2) is 12.8 Å². The van der Waals surface area contributed by atoms with E-state index < -0.39 is 15.8 Å². The topological polar surface area (TPSA) is 92.1 Å². The van der Waals surface area contributed by atoms with Crippen molar-refractivity contribution >= 4 is 27.2 Å². The van der Waals surface area contributed by atoms with E-state index in [0.717, 1.165) is 16.4 Å². The van der Waals surface area contributed by atoms with E-state index in [1.807, 2.05) is 0 Å². The summed E-state index contributed by atoms with van der Waals surface area (Å²) in [4.78, 5) is -0.264. The Bertz CT molecular complexity index is 760. The van der Waals surface area contributed by atoms with Crippen molar-refractivity contribution in [2.45, 2.75) is 11.4 Å². The fraction of sp³-hybridized carbons (Fsp3) is 0.167. The van der Waals surface area contributed by atoms with Gasteiger partial charge in [0.25, 0.3) is 0 Å². The number of H-pyrrole nitrogens is 1. The van der Waals surface area contributed by atoms with Crippen LogP contribution in [0.2, 0.25) is 0 Å². The van der Waals surface area contributed by atoms with Crippen molar-refractivity contribution in [3.63, 3.8) is 0 Å². The molecule has 1 aromatic carbocycles. The fourth-order valence-electron chi connectivity index (χ4n) is 1.74. The SMILES string of the molecule is CN(Cc1cn[nH]c1)S(=O)(=O)c1ccc(F)c(C(N)=S)c1. The number of aromatic nitrogens is 2. The van der Waals surface area contributed by atoms with Gasteiger partial charge < -0.3 is 5.73 Å². The van der Waals surface area contributed by atoms with Crippen LogP contribution < -0.4 is 5.73 Å². The van der Waals surface area contributed by atoms with Gasteiger partial charge in [-0.3, -0.25) is 5.10 Å². The van der Waals surface area contributed by atoms with Crippen LogP contribution in [0, 0.1) is 5.82 Å². The second-order valence-corrected chi connectivity index (χ2v) is 6.86. The molecule has 0 aliphatic rings. The predicted molar refractivity (Wildman–Crippen MR) is 79.5 cm³/mol. The molecule has 2 rings (SSSR count). The van der Waals surface area contributed by atoms with Crippen molar-refractivity contribution in [1.82, 2.24) is 14.5 Å². The highest BCUT2D eigenvalue weighted by molar-refractivity contribution is 7.89. The highest BCUT2D eigenvalue weighted by atomic mass is 32.2. The van der Waals surface area contributed by atoms with Crippen LogP contribution in [0.5, 0.6) is 0 Å². The van der Waals surface area contributed by atoms with Crippen LogP contribution >= 0.6 is 12.2 Å². The third kappa shape index (κ3) is 3.26. The first-order valence-electron chi connectivity index (χ1n) is 5.85. The monoisotopic (exact) mass is 328 g/mol. The average Bonchev–Trinajstić information content (AvgIpc) is 2.91. The summed E-state index contributed by atoms with van der Waals surface area (Å²) in [6.07, 6.45) is 3.12. The van der Waals surface area contributed by atoms with Gasteiger partial charge in [0.1, 0.15) is 10.8 Å². The van der Waals surface area contributed by atoms with Crippen molar-refractivity contribution in [3.05, 3.63) is 47.5 Å². The van der Waals surface area contributed by atoms with E-state index in [1.165, 1.54) is 19.3 Å². The van der Waals surface area contributed by atoms with Gasteiger partial charge in [0.05, 0.1) is 11.1 Å². The van der Waals surface area contributed by atoms with E-state index in [9.17, 15) is 12.8 Å². The van der Waals surface area contributed by atoms with E-state index in [-0.39, 0.29) is 22.0 Å². The molecule has 0 saturated heterocycles. The van der Waals surface area contributed by atoms with Crippen LogP contribution in [-0.2, 0) is 16.6 Å². The van der Waals surface area contributed by atoms with Crippen LogP contribution in [-0.4, -0.2) is 35.0 Å². The second kappa shape index (κ2) is 5.88. The summed E-state index contributed by atoms with van der Waals surface area (Å²) in [6.45, 7) is 0.138. The first-order chi connectivity index (χ1) is 9.82. The zero-order valence-corrected chi connectivity index (χ0v) is 12.7. The molecule has 3 N–H and O–H groups in total. The Balaban J connectivity index is 2.35. The molecule has 0 saturated carbocycles. The van der Waals surface area contributed by atoms with Crippen molar-refractivity contribution in [3.8, 4) is 0 Å². The standard InChI is InChI=1S/C12H13FN4O2S2/c1-17(7-8-5-15-16-6-8)21(18,19)9-2-3-11(13)10(4-9)12(14)20/h2-6H,7H2,1H3,(H2,14,20)(H,15,16). The number of rotatable bonds is 5. The number of benzene rings is 1. The largest absolute Gasteiger partial charge is 0.389 e. The third-order valence-electron chi connectivity index (χ3n) is 2.87. The molecule has 0 amide bonds. The lowest BCUT2D eigenvalue weighted by molar-refractivity contribution is 0.466. The van der Waals surface area contributed by atoms with Crippen molar-refractivity contribution in [2.24, 2.45) is 5.73 Å². The van der Waals surface area contributed by atoms with Gasteiger partial charge in [0, 0.05) is 30.9 Å². The molecule has 1 aromatic heterocycles. The van der Waals surface area contributed by atoms with Crippen molar-refractivity contribution < 1.29 is 12.8 Å². The van der Waals surface area contributed by atoms with Crippen LogP contribution in [0.1, 0.15) is 11.1 Å². The predicted octanol–water partition coefficient (Wildman–Crippen LogP) is 1.00. The molecule has 0 spiro atoms. The number of nitrogens with zero attached hydrogens (tertiary/aromatic N) is 2. The molecule has 0 radical (unpaired) electrons. The van der Waals surface area contributed by atoms with Crippen molar-refractivity contribution in [1.29, 1.82) is 0 Å². The van der Waals surface area contributed by atoms with Gasteiger partial charge >= 0.3 is 0 Å². The quantitative estimate of drug-likeness (QED) is 0.799. The van der Waals surface area contributed by atoms with E-state index >= 15 is 0 Å². The molecule has 0 aliphatic heterocycles. The Labute approximate surface area is 126 Å². The first-order valence-corrected chi connectivity index (χ1v) is 7.70. The number of halogens is 1. The molecule has 0 aliphatic carbocycles. The summed E-state index contributed by atoms with van der Waals surface area (Å²) < 4.78 is 39.5. The zero-order valence-electron chi connectivity index (χ0n) is 11.1. The van der Waals surface area contributed by atoms with E-state index in [1.54, 1.807) is 6.20 Å². The van der Waals surface area contributed by atoms with Crippen LogP contribution in [0.4, 0.5) is 4.39 Å². The molecular formula is C12H13FN4O2S2. The molecule has 0 bridgehead atoms. The van der Waals surface area contributed by atoms with Crippen LogP contribution in [0.3, 0.4) is 0 Å². The maximum Gasteiger partial charge on any atom is 0.243 e. The minimum absolute atomic E-state index is 0.0716. The second-order valence-electron chi connectivity index (χ2n) is 4.37. The molecule has 6 nitrogen and oxygen atoms in total. The Kier molecular flexibility index (Phi) is 4.35. The molecule has 1 heterocycles. The Morgan fingerprint density at radius 1 is 1.52 bits per heavy atom. The van der Waals surface area contributed by atoms with E-state index in [2.05, 4.69) is 10.2 Å². The number of hydrogen-bond acceptors (Lipinski definition) is 4. The average molecular weight is 328 g/mol. The van der Waals surface area contributed by atoms with Crippen LogP contribution in [0.15, 0.2) is 35.5 Å². The summed E-state index contributed by atoms with van der Waals surface area (Å²) >= 11 is 4.71. The summed E-state index contributed by atoms with van der Waals surface area (Å²) in [6, 6.07) is 3.35. The number of thiocarbonyl (C=S) groups is 1. The normalized spacial score (nSPS) is 11.8. The van der Waals surface area contributed by atoms with Gasteiger partial charge in [-0.1, -0.05) is 12.2 Å². The number of aromatic amines is 1. The summed E-state index contributed by atoms with van der Waals surface area (Å²) in [5.41, 5.74) is 5.99. The number of sulfonamides is 1. The number of hydrogen-bond donors (Lipinski definition) is 2. The summed E-state index contributed by atoms with van der Waals surface area (Å²) in [5.74, 6) is -0.654. The zero-order chi connectivity index (χ0) is 15.6. The third-order valence-corrected chi connectivity index (χ3v) is 4.89. The minimum atomic E-state index is -3.78. The molecule has 0 fully saturated rings. The molecule has 0 unspecified atom stereocenters. The molecule has 9 heteroatoms. The van der Waals surface area contributed by atoms with Gasteiger partial charge in [0.15, 0.2) is 0 Å². The Morgan fingerprint density at radius 2 is 2.24 bits per heavy atom. The Hall–Kier alpha value is -1.84. The molecule has 0 atom stereocenters. The van der Waals surface area contributed by atoms with Gasteiger partial charge in [-0.05, 0) is 18.2 Å². The molecule has 2 aromatic rings. The number of nitrogens with two attached hydrogens (primary N) is 1. The minimum Gasteiger partial charge on any atom is -0.389 e. The van der Waals surface area contributed by atoms with Crippen molar-refractivity contribution in [2.75, 3.05) is 7.05 Å². The summed E-state index contributed by atoms with van der Waals surface area (Å²) in [7, 11) is -2.36. The highest BCUT2D eigenvalue weighted by Gasteiger charge is 2.22. The van der Waals surface area contributed by atoms with E-state index in [0.29, 0.717) is 5.56 Å². The maximum atomic E-state index is 13.5. The molecule has 112 valence electrons.